The number of rotatable bonds is 1. The molecule has 3 aromatic rings. The second-order valence-electron chi connectivity index (χ2n) is 5.36. The molecule has 2 amide bonds. The quantitative estimate of drug-likeness (QED) is 0.554. The van der Waals surface area contributed by atoms with Gasteiger partial charge in [0.1, 0.15) is 11.7 Å². The molecule has 5 nitrogen and oxygen atoms in total. The van der Waals surface area contributed by atoms with Gasteiger partial charge in [0.05, 0.1) is 5.52 Å². The van der Waals surface area contributed by atoms with Crippen molar-refractivity contribution in [2.75, 3.05) is 0 Å². The molecular weight excluding hydrogens is 285 g/mol. The Morgan fingerprint density at radius 3 is 2.77 bits per heavy atom. The molecule has 1 aliphatic rings. The molecule has 0 bridgehead atoms. The summed E-state index contributed by atoms with van der Waals surface area (Å²) in [7, 11) is 0. The third kappa shape index (κ3) is 1.80. The van der Waals surface area contributed by atoms with E-state index in [2.05, 4.69) is 10.3 Å². The van der Waals surface area contributed by atoms with Crippen molar-refractivity contribution >= 4 is 33.8 Å². The van der Waals surface area contributed by atoms with Gasteiger partial charge in [-0.05, 0) is 24.6 Å². The molecule has 1 aromatic carbocycles. The number of benzene rings is 1. The van der Waals surface area contributed by atoms with Crippen molar-refractivity contribution in [3.63, 3.8) is 0 Å². The average molecular weight is 297 g/mol. The molecule has 3 heterocycles. The number of piperidine rings is 1. The molecular formula is C16H12FN3O2. The van der Waals surface area contributed by atoms with Crippen LogP contribution in [0.5, 0.6) is 0 Å². The van der Waals surface area contributed by atoms with Crippen LogP contribution in [0.4, 0.5) is 4.39 Å². The first kappa shape index (κ1) is 12.9. The highest BCUT2D eigenvalue weighted by Gasteiger charge is 2.30. The Bertz CT molecular complexity index is 932. The van der Waals surface area contributed by atoms with E-state index in [0.717, 1.165) is 16.3 Å². The fourth-order valence-electron chi connectivity index (χ4n) is 3.09. The van der Waals surface area contributed by atoms with E-state index < -0.39 is 12.0 Å². The fourth-order valence-corrected chi connectivity index (χ4v) is 3.09. The third-order valence-electron chi connectivity index (χ3n) is 4.04. The van der Waals surface area contributed by atoms with E-state index in [1.807, 2.05) is 24.3 Å². The Hall–Kier alpha value is -2.76. The molecule has 1 unspecified atom stereocenters. The molecule has 1 fully saturated rings. The van der Waals surface area contributed by atoms with Crippen LogP contribution in [0.3, 0.4) is 0 Å². The van der Waals surface area contributed by atoms with Gasteiger partial charge in [-0.1, -0.05) is 18.2 Å². The Balaban J connectivity index is 2.04. The monoisotopic (exact) mass is 297 g/mol. The predicted molar refractivity (Wildman–Crippen MR) is 78.6 cm³/mol. The SMILES string of the molecule is O=C1CCC(n2c3ccccc3c3ccc(F)nc32)C(=O)N1. The number of para-hydroxylation sites is 1. The standard InChI is InChI=1S/C16H12FN3O2/c17-13-7-5-10-9-3-1-2-4-11(9)20(15(10)18-13)12-6-8-14(21)19-16(12)22/h1-5,7,12H,6,8H2,(H,19,21,22). The van der Waals surface area contributed by atoms with Crippen LogP contribution in [-0.4, -0.2) is 21.4 Å². The lowest BCUT2D eigenvalue weighted by atomic mass is 10.1. The van der Waals surface area contributed by atoms with E-state index >= 15 is 0 Å². The summed E-state index contributed by atoms with van der Waals surface area (Å²) in [5.41, 5.74) is 1.24. The van der Waals surface area contributed by atoms with E-state index in [0.29, 0.717) is 12.1 Å². The maximum absolute atomic E-state index is 13.6. The Morgan fingerprint density at radius 2 is 1.95 bits per heavy atom. The summed E-state index contributed by atoms with van der Waals surface area (Å²) >= 11 is 0. The van der Waals surface area contributed by atoms with Gasteiger partial charge in [0, 0.05) is 17.2 Å². The van der Waals surface area contributed by atoms with Crippen molar-refractivity contribution in [3.05, 3.63) is 42.3 Å². The van der Waals surface area contributed by atoms with Gasteiger partial charge < -0.3 is 4.57 Å². The molecule has 0 saturated carbocycles. The second kappa shape index (κ2) is 4.62. The summed E-state index contributed by atoms with van der Waals surface area (Å²) in [4.78, 5) is 27.5. The summed E-state index contributed by atoms with van der Waals surface area (Å²) in [6, 6.07) is 9.96. The number of imide groups is 1. The first-order valence-electron chi connectivity index (χ1n) is 7.04. The lowest BCUT2D eigenvalue weighted by Crippen LogP contribution is -2.41. The largest absolute Gasteiger partial charge is 0.313 e. The molecule has 1 aliphatic heterocycles. The number of hydrogen-bond acceptors (Lipinski definition) is 3. The summed E-state index contributed by atoms with van der Waals surface area (Å²) < 4.78 is 15.3. The minimum absolute atomic E-state index is 0.264. The molecule has 2 aromatic heterocycles. The summed E-state index contributed by atoms with van der Waals surface area (Å²) in [5.74, 6) is -1.24. The number of fused-ring (bicyclic) bond motifs is 3. The van der Waals surface area contributed by atoms with Gasteiger partial charge in [0.2, 0.25) is 17.8 Å². The topological polar surface area (TPSA) is 64.0 Å². The van der Waals surface area contributed by atoms with Gasteiger partial charge in [-0.2, -0.15) is 4.39 Å². The number of nitrogens with zero attached hydrogens (tertiary/aromatic N) is 2. The fraction of sp³-hybridized carbons (Fsp3) is 0.188. The molecule has 22 heavy (non-hydrogen) atoms. The number of nitrogens with one attached hydrogen (secondary N) is 1. The number of hydrogen-bond donors (Lipinski definition) is 1. The molecule has 0 spiro atoms. The van der Waals surface area contributed by atoms with Gasteiger partial charge >= 0.3 is 0 Å². The minimum Gasteiger partial charge on any atom is -0.313 e. The Kier molecular flexibility index (Phi) is 2.72. The molecule has 4 rings (SSSR count). The number of carbonyl (C=O) groups excluding carboxylic acids is 2. The van der Waals surface area contributed by atoms with Gasteiger partial charge in [-0.25, -0.2) is 4.98 Å². The number of amides is 2. The van der Waals surface area contributed by atoms with E-state index in [1.54, 1.807) is 10.6 Å². The highest BCUT2D eigenvalue weighted by atomic mass is 19.1. The van der Waals surface area contributed by atoms with E-state index in [-0.39, 0.29) is 18.2 Å². The van der Waals surface area contributed by atoms with Crippen LogP contribution in [0.25, 0.3) is 21.9 Å². The second-order valence-corrected chi connectivity index (χ2v) is 5.36. The van der Waals surface area contributed by atoms with Crippen molar-refractivity contribution in [1.82, 2.24) is 14.9 Å². The van der Waals surface area contributed by atoms with E-state index in [1.165, 1.54) is 6.07 Å². The highest BCUT2D eigenvalue weighted by Crippen LogP contribution is 2.33. The smallest absolute Gasteiger partial charge is 0.249 e. The number of halogens is 1. The van der Waals surface area contributed by atoms with Gasteiger partial charge in [-0.15, -0.1) is 0 Å². The Morgan fingerprint density at radius 1 is 1.14 bits per heavy atom. The van der Waals surface area contributed by atoms with Gasteiger partial charge in [0.25, 0.3) is 0 Å². The number of aromatic nitrogens is 2. The van der Waals surface area contributed by atoms with Crippen molar-refractivity contribution in [2.45, 2.75) is 18.9 Å². The molecule has 1 saturated heterocycles. The predicted octanol–water partition coefficient (Wildman–Crippen LogP) is 2.31. The zero-order valence-corrected chi connectivity index (χ0v) is 11.5. The van der Waals surface area contributed by atoms with Crippen molar-refractivity contribution in [2.24, 2.45) is 0 Å². The highest BCUT2D eigenvalue weighted by molar-refractivity contribution is 6.08. The molecule has 1 atom stereocenters. The van der Waals surface area contributed by atoms with E-state index in [9.17, 15) is 14.0 Å². The first-order valence-corrected chi connectivity index (χ1v) is 7.04. The lowest BCUT2D eigenvalue weighted by Gasteiger charge is -2.23. The van der Waals surface area contributed by atoms with E-state index in [4.69, 9.17) is 0 Å². The molecule has 6 heteroatoms. The molecule has 110 valence electrons. The maximum Gasteiger partial charge on any atom is 0.249 e. The molecule has 1 N–H and O–H groups in total. The van der Waals surface area contributed by atoms with Crippen molar-refractivity contribution < 1.29 is 14.0 Å². The first-order chi connectivity index (χ1) is 10.6. The van der Waals surface area contributed by atoms with Crippen LogP contribution in [0.1, 0.15) is 18.9 Å². The number of carbonyl (C=O) groups is 2. The maximum atomic E-state index is 13.6. The number of pyridine rings is 1. The lowest BCUT2D eigenvalue weighted by molar-refractivity contribution is -0.135. The summed E-state index contributed by atoms with van der Waals surface area (Å²) in [6.07, 6.45) is 0.649. The van der Waals surface area contributed by atoms with Crippen LogP contribution in [0, 0.1) is 5.95 Å². The molecule has 0 aliphatic carbocycles. The minimum atomic E-state index is -0.594. The molecule has 0 radical (unpaired) electrons. The summed E-state index contributed by atoms with van der Waals surface area (Å²) in [5, 5.41) is 4.05. The summed E-state index contributed by atoms with van der Waals surface area (Å²) in [6.45, 7) is 0. The van der Waals surface area contributed by atoms with Crippen LogP contribution in [0.2, 0.25) is 0 Å². The van der Waals surface area contributed by atoms with Crippen LogP contribution in [-0.2, 0) is 9.59 Å². The zero-order valence-electron chi connectivity index (χ0n) is 11.5. The Labute approximate surface area is 124 Å². The van der Waals surface area contributed by atoms with Crippen molar-refractivity contribution in [1.29, 1.82) is 0 Å². The van der Waals surface area contributed by atoms with Crippen LogP contribution in [0.15, 0.2) is 36.4 Å². The van der Waals surface area contributed by atoms with Crippen LogP contribution < -0.4 is 5.32 Å². The average Bonchev–Trinajstić information content (AvgIpc) is 2.81. The van der Waals surface area contributed by atoms with Gasteiger partial charge in [-0.3, -0.25) is 14.9 Å². The van der Waals surface area contributed by atoms with Gasteiger partial charge in [0.15, 0.2) is 0 Å². The normalized spacial score (nSPS) is 18.9. The van der Waals surface area contributed by atoms with Crippen LogP contribution >= 0.6 is 0 Å². The zero-order chi connectivity index (χ0) is 15.3. The van der Waals surface area contributed by atoms with Crippen molar-refractivity contribution in [3.8, 4) is 0 Å². The third-order valence-corrected chi connectivity index (χ3v) is 4.04.